The van der Waals surface area contributed by atoms with E-state index in [1.807, 2.05) is 36.4 Å². The first-order chi connectivity index (χ1) is 13.2. The Bertz CT molecular complexity index is 1070. The molecule has 1 N–H and O–H groups in total. The number of halogens is 2. The fourth-order valence-electron chi connectivity index (χ4n) is 2.57. The third-order valence-electron chi connectivity index (χ3n) is 3.86. The highest BCUT2D eigenvalue weighted by molar-refractivity contribution is 5.59. The largest absolute Gasteiger partial charge is 0.492 e. The zero-order valence-electron chi connectivity index (χ0n) is 14.1. The van der Waals surface area contributed by atoms with E-state index in [1.165, 1.54) is 6.07 Å². The van der Waals surface area contributed by atoms with E-state index < -0.39 is 11.6 Å². The molecule has 0 atom stereocenters. The van der Waals surface area contributed by atoms with Crippen LogP contribution in [0.2, 0.25) is 0 Å². The van der Waals surface area contributed by atoms with Crippen molar-refractivity contribution >= 4 is 11.5 Å². The number of ether oxygens (including phenoxy) is 1. The first-order valence-corrected chi connectivity index (χ1v) is 8.30. The van der Waals surface area contributed by atoms with Crippen LogP contribution in [0.25, 0.3) is 17.0 Å². The molecule has 0 saturated heterocycles. The van der Waals surface area contributed by atoms with Gasteiger partial charge in [-0.05, 0) is 24.3 Å². The number of nitrogens with one attached hydrogen (secondary N) is 1. The Hall–Kier alpha value is -3.55. The van der Waals surface area contributed by atoms with E-state index in [0.29, 0.717) is 23.8 Å². The smallest absolute Gasteiger partial charge is 0.185 e. The Morgan fingerprint density at radius 3 is 2.59 bits per heavy atom. The molecule has 2 aromatic carbocycles. The number of hydrogen-bond donors (Lipinski definition) is 1. The van der Waals surface area contributed by atoms with Gasteiger partial charge in [-0.1, -0.05) is 30.3 Å². The van der Waals surface area contributed by atoms with Crippen molar-refractivity contribution in [1.29, 1.82) is 0 Å². The predicted molar refractivity (Wildman–Crippen MR) is 96.6 cm³/mol. The molecule has 8 heteroatoms. The van der Waals surface area contributed by atoms with Gasteiger partial charge in [0.05, 0.1) is 6.54 Å². The molecule has 0 bridgehead atoms. The molecule has 0 aliphatic carbocycles. The third kappa shape index (κ3) is 3.69. The van der Waals surface area contributed by atoms with E-state index in [9.17, 15) is 8.78 Å². The minimum absolute atomic E-state index is 0.262. The van der Waals surface area contributed by atoms with Gasteiger partial charge >= 0.3 is 0 Å². The summed E-state index contributed by atoms with van der Waals surface area (Å²) in [6.07, 6.45) is 0. The quantitative estimate of drug-likeness (QED) is 0.528. The fourth-order valence-corrected chi connectivity index (χ4v) is 2.57. The van der Waals surface area contributed by atoms with Gasteiger partial charge in [-0.2, -0.15) is 4.52 Å². The van der Waals surface area contributed by atoms with Crippen LogP contribution in [-0.2, 0) is 0 Å². The summed E-state index contributed by atoms with van der Waals surface area (Å²) in [5.41, 5.74) is 1.55. The van der Waals surface area contributed by atoms with Crippen LogP contribution in [0.3, 0.4) is 0 Å². The van der Waals surface area contributed by atoms with Crippen molar-refractivity contribution in [3.05, 3.63) is 72.3 Å². The van der Waals surface area contributed by atoms with Gasteiger partial charge < -0.3 is 10.1 Å². The van der Waals surface area contributed by atoms with Crippen molar-refractivity contribution in [2.24, 2.45) is 0 Å². The molecule has 0 fully saturated rings. The Balaban J connectivity index is 1.42. The highest BCUT2D eigenvalue weighted by atomic mass is 19.2. The maximum atomic E-state index is 13.2. The molecule has 0 radical (unpaired) electrons. The molecule has 0 amide bonds. The maximum absolute atomic E-state index is 13.2. The molecule has 0 aliphatic rings. The Morgan fingerprint density at radius 2 is 1.78 bits per heavy atom. The van der Waals surface area contributed by atoms with Crippen molar-refractivity contribution in [2.75, 3.05) is 18.5 Å². The SMILES string of the molecule is Fc1ccc(OCCNc2ccc3nnc(-c4ccccc4)n3n2)cc1F. The summed E-state index contributed by atoms with van der Waals surface area (Å²) < 4.78 is 33.1. The normalized spacial score (nSPS) is 10.9. The lowest BCUT2D eigenvalue weighted by Crippen LogP contribution is -2.13. The second-order valence-electron chi connectivity index (χ2n) is 5.73. The summed E-state index contributed by atoms with van der Waals surface area (Å²) in [4.78, 5) is 0. The second-order valence-corrected chi connectivity index (χ2v) is 5.73. The number of hydrogen-bond acceptors (Lipinski definition) is 5. The van der Waals surface area contributed by atoms with Gasteiger partial charge in [-0.15, -0.1) is 15.3 Å². The van der Waals surface area contributed by atoms with Gasteiger partial charge in [-0.3, -0.25) is 0 Å². The summed E-state index contributed by atoms with van der Waals surface area (Å²) in [6, 6.07) is 16.7. The molecule has 6 nitrogen and oxygen atoms in total. The molecule has 0 aliphatic heterocycles. The Labute approximate surface area is 153 Å². The van der Waals surface area contributed by atoms with Gasteiger partial charge in [-0.25, -0.2) is 8.78 Å². The molecule has 0 saturated carbocycles. The zero-order valence-corrected chi connectivity index (χ0v) is 14.1. The molecule has 0 unspecified atom stereocenters. The first kappa shape index (κ1) is 16.9. The van der Waals surface area contributed by atoms with E-state index in [2.05, 4.69) is 20.6 Å². The zero-order chi connectivity index (χ0) is 18.6. The summed E-state index contributed by atoms with van der Waals surface area (Å²) in [5, 5.41) is 15.9. The van der Waals surface area contributed by atoms with E-state index >= 15 is 0 Å². The topological polar surface area (TPSA) is 64.3 Å². The third-order valence-corrected chi connectivity index (χ3v) is 3.86. The molecular formula is C19H15F2N5O. The Kier molecular flexibility index (Phi) is 4.61. The van der Waals surface area contributed by atoms with E-state index in [1.54, 1.807) is 10.6 Å². The highest BCUT2D eigenvalue weighted by Crippen LogP contribution is 2.18. The number of nitrogens with zero attached hydrogens (tertiary/aromatic N) is 4. The van der Waals surface area contributed by atoms with Crippen LogP contribution in [-0.4, -0.2) is 33.0 Å². The van der Waals surface area contributed by atoms with E-state index in [-0.39, 0.29) is 12.4 Å². The van der Waals surface area contributed by atoms with Crippen LogP contribution in [0, 0.1) is 11.6 Å². The monoisotopic (exact) mass is 367 g/mol. The molecule has 4 aromatic rings. The lowest BCUT2D eigenvalue weighted by atomic mass is 10.2. The summed E-state index contributed by atoms with van der Waals surface area (Å²) >= 11 is 0. The van der Waals surface area contributed by atoms with Crippen LogP contribution < -0.4 is 10.1 Å². The molecule has 4 rings (SSSR count). The van der Waals surface area contributed by atoms with Gasteiger partial charge in [0.2, 0.25) is 0 Å². The van der Waals surface area contributed by atoms with Crippen LogP contribution in [0.4, 0.5) is 14.6 Å². The number of rotatable bonds is 6. The van der Waals surface area contributed by atoms with Crippen molar-refractivity contribution in [3.63, 3.8) is 0 Å². The van der Waals surface area contributed by atoms with Crippen LogP contribution in [0.5, 0.6) is 5.75 Å². The van der Waals surface area contributed by atoms with Crippen molar-refractivity contribution < 1.29 is 13.5 Å². The maximum Gasteiger partial charge on any atom is 0.185 e. The lowest BCUT2D eigenvalue weighted by molar-refractivity contribution is 0.329. The summed E-state index contributed by atoms with van der Waals surface area (Å²) in [5.74, 6) is -0.306. The van der Waals surface area contributed by atoms with Crippen molar-refractivity contribution in [3.8, 4) is 17.1 Å². The minimum Gasteiger partial charge on any atom is -0.492 e. The molecule has 136 valence electrons. The molecule has 27 heavy (non-hydrogen) atoms. The second kappa shape index (κ2) is 7.36. The summed E-state index contributed by atoms with van der Waals surface area (Å²) in [6.45, 7) is 0.693. The number of benzene rings is 2. The van der Waals surface area contributed by atoms with Crippen molar-refractivity contribution in [2.45, 2.75) is 0 Å². The molecule has 2 aromatic heterocycles. The molecule has 2 heterocycles. The lowest BCUT2D eigenvalue weighted by Gasteiger charge is -2.09. The molecular weight excluding hydrogens is 352 g/mol. The van der Waals surface area contributed by atoms with E-state index in [4.69, 9.17) is 4.74 Å². The molecule has 0 spiro atoms. The van der Waals surface area contributed by atoms with Gasteiger partial charge in [0.25, 0.3) is 0 Å². The summed E-state index contributed by atoms with van der Waals surface area (Å²) in [7, 11) is 0. The van der Waals surface area contributed by atoms with Crippen molar-refractivity contribution in [1.82, 2.24) is 19.8 Å². The van der Waals surface area contributed by atoms with E-state index in [0.717, 1.165) is 17.7 Å². The van der Waals surface area contributed by atoms with Crippen LogP contribution >= 0.6 is 0 Å². The first-order valence-electron chi connectivity index (χ1n) is 8.30. The number of aromatic nitrogens is 4. The average molecular weight is 367 g/mol. The van der Waals surface area contributed by atoms with Gasteiger partial charge in [0, 0.05) is 11.6 Å². The fraction of sp³-hybridized carbons (Fsp3) is 0.105. The number of fused-ring (bicyclic) bond motifs is 1. The highest BCUT2D eigenvalue weighted by Gasteiger charge is 2.09. The van der Waals surface area contributed by atoms with Gasteiger partial charge in [0.15, 0.2) is 23.1 Å². The Morgan fingerprint density at radius 1 is 0.926 bits per heavy atom. The number of anilines is 1. The van der Waals surface area contributed by atoms with Crippen LogP contribution in [0.1, 0.15) is 0 Å². The standard InChI is InChI=1S/C19H15F2N5O/c20-15-7-6-14(12-16(15)21)27-11-10-22-17-8-9-18-23-24-19(26(18)25-17)13-4-2-1-3-5-13/h1-9,12H,10-11H2,(H,22,25). The predicted octanol–water partition coefficient (Wildman–Crippen LogP) is 3.56. The minimum atomic E-state index is -0.936. The van der Waals surface area contributed by atoms with Crippen LogP contribution in [0.15, 0.2) is 60.7 Å². The average Bonchev–Trinajstić information content (AvgIpc) is 3.12. The van der Waals surface area contributed by atoms with Gasteiger partial charge in [0.1, 0.15) is 18.2 Å².